The Labute approximate surface area is 179 Å². The van der Waals surface area contributed by atoms with E-state index in [0.717, 1.165) is 29.3 Å². The van der Waals surface area contributed by atoms with Gasteiger partial charge in [-0.1, -0.05) is 56.3 Å². The molecule has 3 aromatic rings. The molecule has 0 spiro atoms. The summed E-state index contributed by atoms with van der Waals surface area (Å²) >= 11 is 0. The van der Waals surface area contributed by atoms with E-state index in [4.69, 9.17) is 0 Å². The van der Waals surface area contributed by atoms with E-state index >= 15 is 0 Å². The molecule has 1 atom stereocenters. The first-order valence-corrected chi connectivity index (χ1v) is 10.2. The van der Waals surface area contributed by atoms with E-state index in [1.807, 2.05) is 35.0 Å². The van der Waals surface area contributed by atoms with Crippen molar-refractivity contribution in [2.45, 2.75) is 45.5 Å². The van der Waals surface area contributed by atoms with Crippen molar-refractivity contribution in [2.24, 2.45) is 5.41 Å². The van der Waals surface area contributed by atoms with Gasteiger partial charge in [0.1, 0.15) is 0 Å². The zero-order valence-corrected chi connectivity index (χ0v) is 17.4. The average molecular weight is 427 g/mol. The third kappa shape index (κ3) is 4.50. The molecule has 1 aromatic heterocycles. The first-order chi connectivity index (χ1) is 14.6. The quantitative estimate of drug-likeness (QED) is 0.607. The highest BCUT2D eigenvalue weighted by Gasteiger charge is 2.38. The second-order valence-electron chi connectivity index (χ2n) is 8.80. The number of halogens is 3. The van der Waals surface area contributed by atoms with Gasteiger partial charge < -0.3 is 5.32 Å². The molecule has 1 N–H and O–H groups in total. The predicted molar refractivity (Wildman–Crippen MR) is 112 cm³/mol. The number of rotatable bonds is 4. The van der Waals surface area contributed by atoms with Crippen LogP contribution in [-0.4, -0.2) is 15.7 Å². The van der Waals surface area contributed by atoms with Gasteiger partial charge in [0.15, 0.2) is 0 Å². The third-order valence-corrected chi connectivity index (χ3v) is 5.72. The van der Waals surface area contributed by atoms with Crippen LogP contribution >= 0.6 is 0 Å². The molecule has 0 fully saturated rings. The highest BCUT2D eigenvalue weighted by Crippen LogP contribution is 2.41. The largest absolute Gasteiger partial charge is 0.417 e. The molecule has 1 aliphatic rings. The Bertz CT molecular complexity index is 1090. The topological polar surface area (TPSA) is 46.9 Å². The van der Waals surface area contributed by atoms with Crippen LogP contribution in [0.25, 0.3) is 0 Å². The van der Waals surface area contributed by atoms with Gasteiger partial charge in [-0.2, -0.15) is 18.3 Å². The van der Waals surface area contributed by atoms with Gasteiger partial charge in [0, 0.05) is 11.3 Å². The Morgan fingerprint density at radius 1 is 1.13 bits per heavy atom. The van der Waals surface area contributed by atoms with Crippen LogP contribution in [0.1, 0.15) is 59.1 Å². The molecule has 0 radical (unpaired) electrons. The molecule has 0 saturated heterocycles. The highest BCUT2D eigenvalue weighted by molar-refractivity contribution is 5.96. The molecule has 0 bridgehead atoms. The minimum Gasteiger partial charge on any atom is -0.345 e. The minimum atomic E-state index is -4.59. The number of hydrogen-bond acceptors (Lipinski definition) is 2. The van der Waals surface area contributed by atoms with Crippen LogP contribution in [0.3, 0.4) is 0 Å². The highest BCUT2D eigenvalue weighted by atomic mass is 19.4. The molecule has 0 saturated carbocycles. The van der Waals surface area contributed by atoms with Gasteiger partial charge in [0.2, 0.25) is 0 Å². The lowest BCUT2D eigenvalue weighted by atomic mass is 9.74. The van der Waals surface area contributed by atoms with Gasteiger partial charge >= 0.3 is 6.18 Å². The number of aromatic nitrogens is 2. The SMILES string of the molecule is CC1(C)Cc2c(cnn2Cc2ccccc2)[C@H](NC(=O)c2ccccc2C(F)(F)F)C1. The van der Waals surface area contributed by atoms with Crippen LogP contribution in [-0.2, 0) is 19.1 Å². The molecule has 31 heavy (non-hydrogen) atoms. The summed E-state index contributed by atoms with van der Waals surface area (Å²) in [4.78, 5) is 12.9. The number of hydrogen-bond donors (Lipinski definition) is 1. The van der Waals surface area contributed by atoms with Crippen molar-refractivity contribution in [3.05, 3.63) is 88.7 Å². The Morgan fingerprint density at radius 2 is 1.81 bits per heavy atom. The first kappa shape index (κ1) is 21.2. The summed E-state index contributed by atoms with van der Waals surface area (Å²) in [7, 11) is 0. The van der Waals surface area contributed by atoms with Crippen molar-refractivity contribution < 1.29 is 18.0 Å². The number of amides is 1. The molecule has 1 heterocycles. The van der Waals surface area contributed by atoms with Crippen molar-refractivity contribution in [3.63, 3.8) is 0 Å². The third-order valence-electron chi connectivity index (χ3n) is 5.72. The van der Waals surface area contributed by atoms with Crippen molar-refractivity contribution in [1.82, 2.24) is 15.1 Å². The Kier molecular flexibility index (Phi) is 5.37. The fourth-order valence-electron chi connectivity index (χ4n) is 4.28. The number of alkyl halides is 3. The molecule has 1 aliphatic carbocycles. The van der Waals surface area contributed by atoms with Crippen LogP contribution in [0.4, 0.5) is 13.2 Å². The number of fused-ring (bicyclic) bond motifs is 1. The molecule has 4 nitrogen and oxygen atoms in total. The van der Waals surface area contributed by atoms with Crippen molar-refractivity contribution in [3.8, 4) is 0 Å². The lowest BCUT2D eigenvalue weighted by Gasteiger charge is -2.36. The summed E-state index contributed by atoms with van der Waals surface area (Å²) in [6.45, 7) is 4.79. The fraction of sp³-hybridized carbons (Fsp3) is 0.333. The molecule has 2 aromatic carbocycles. The maximum Gasteiger partial charge on any atom is 0.417 e. The number of nitrogens with one attached hydrogen (secondary N) is 1. The van der Waals surface area contributed by atoms with Gasteiger partial charge in [-0.25, -0.2) is 0 Å². The first-order valence-electron chi connectivity index (χ1n) is 10.2. The molecule has 162 valence electrons. The zero-order valence-electron chi connectivity index (χ0n) is 17.4. The van der Waals surface area contributed by atoms with E-state index in [0.29, 0.717) is 13.0 Å². The van der Waals surface area contributed by atoms with E-state index < -0.39 is 23.7 Å². The van der Waals surface area contributed by atoms with Crippen molar-refractivity contribution >= 4 is 5.91 Å². The van der Waals surface area contributed by atoms with Gasteiger partial charge in [0.25, 0.3) is 5.91 Å². The lowest BCUT2D eigenvalue weighted by molar-refractivity contribution is -0.137. The summed E-state index contributed by atoms with van der Waals surface area (Å²) < 4.78 is 42.0. The normalized spacial score (nSPS) is 17.8. The standard InChI is InChI=1S/C24H24F3N3O/c1-23(2)12-20(29-22(31)17-10-6-7-11-19(17)24(25,26)27)18-14-28-30(21(18)13-23)15-16-8-4-3-5-9-16/h3-11,14,20H,12-13,15H2,1-2H3,(H,29,31)/t20-/m1/s1. The molecule has 1 amide bonds. The van der Waals surface area contributed by atoms with E-state index in [1.165, 1.54) is 18.2 Å². The zero-order chi connectivity index (χ0) is 22.2. The Morgan fingerprint density at radius 3 is 2.52 bits per heavy atom. The van der Waals surface area contributed by atoms with E-state index in [9.17, 15) is 18.0 Å². The van der Waals surface area contributed by atoms with Gasteiger partial charge in [-0.05, 0) is 36.0 Å². The van der Waals surface area contributed by atoms with E-state index in [-0.39, 0.29) is 11.0 Å². The second-order valence-corrected chi connectivity index (χ2v) is 8.80. The van der Waals surface area contributed by atoms with E-state index in [1.54, 1.807) is 6.20 Å². The van der Waals surface area contributed by atoms with Crippen LogP contribution in [0, 0.1) is 5.41 Å². The molecule has 7 heteroatoms. The number of benzene rings is 2. The summed E-state index contributed by atoms with van der Waals surface area (Å²) in [6.07, 6.45) is -1.46. The fourth-order valence-corrected chi connectivity index (χ4v) is 4.28. The van der Waals surface area contributed by atoms with Crippen LogP contribution in [0.15, 0.2) is 60.8 Å². The maximum atomic E-state index is 13.4. The minimum absolute atomic E-state index is 0.136. The molecule has 4 rings (SSSR count). The molecular weight excluding hydrogens is 403 g/mol. The average Bonchev–Trinajstić information content (AvgIpc) is 3.09. The Hall–Kier alpha value is -3.09. The number of carbonyl (C=O) groups excluding carboxylic acids is 1. The van der Waals surface area contributed by atoms with Crippen molar-refractivity contribution in [1.29, 1.82) is 0 Å². The number of nitrogens with zero attached hydrogens (tertiary/aromatic N) is 2. The van der Waals surface area contributed by atoms with Gasteiger partial charge in [-0.15, -0.1) is 0 Å². The van der Waals surface area contributed by atoms with Gasteiger partial charge in [0.05, 0.1) is 29.9 Å². The summed E-state index contributed by atoms with van der Waals surface area (Å²) in [5.74, 6) is -0.725. The van der Waals surface area contributed by atoms with Crippen LogP contribution in [0.2, 0.25) is 0 Å². The predicted octanol–water partition coefficient (Wildman–Crippen LogP) is 5.39. The smallest absolute Gasteiger partial charge is 0.345 e. The van der Waals surface area contributed by atoms with E-state index in [2.05, 4.69) is 24.3 Å². The maximum absolute atomic E-state index is 13.4. The lowest BCUT2D eigenvalue weighted by Crippen LogP contribution is -2.37. The second kappa shape index (κ2) is 7.87. The monoisotopic (exact) mass is 427 g/mol. The Balaban J connectivity index is 1.63. The van der Waals surface area contributed by atoms with Gasteiger partial charge in [-0.3, -0.25) is 9.48 Å². The summed E-state index contributed by atoms with van der Waals surface area (Å²) in [5, 5.41) is 7.38. The van der Waals surface area contributed by atoms with Crippen LogP contribution < -0.4 is 5.32 Å². The summed E-state index contributed by atoms with van der Waals surface area (Å²) in [6, 6.07) is 14.4. The number of carbonyl (C=O) groups is 1. The molecule has 0 unspecified atom stereocenters. The molecule has 0 aliphatic heterocycles. The summed E-state index contributed by atoms with van der Waals surface area (Å²) in [5.41, 5.74) is 1.56. The van der Waals surface area contributed by atoms with Crippen LogP contribution in [0.5, 0.6) is 0 Å². The van der Waals surface area contributed by atoms with Crippen molar-refractivity contribution in [2.75, 3.05) is 0 Å². The molecular formula is C24H24F3N3O.